The topological polar surface area (TPSA) is 46.1 Å². The lowest BCUT2D eigenvalue weighted by Gasteiger charge is -2.32. The van der Waals surface area contributed by atoms with E-state index in [9.17, 15) is 4.79 Å². The molecule has 0 radical (unpaired) electrons. The average Bonchev–Trinajstić information content (AvgIpc) is 3.09. The largest absolute Gasteiger partial charge is 0.339 e. The number of aromatic nitrogens is 2. The summed E-state index contributed by atoms with van der Waals surface area (Å²) in [6.45, 7) is 3.58. The van der Waals surface area contributed by atoms with E-state index in [1.165, 1.54) is 17.5 Å². The summed E-state index contributed by atoms with van der Waals surface area (Å²) in [6, 6.07) is 6.26. The molecule has 4 nitrogen and oxygen atoms in total. The number of amides is 1. The number of carbonyl (C=O) groups excluding carboxylic acids is 1. The van der Waals surface area contributed by atoms with Gasteiger partial charge in [0.15, 0.2) is 0 Å². The van der Waals surface area contributed by atoms with Gasteiger partial charge in [0.1, 0.15) is 0 Å². The number of carbonyl (C=O) groups is 1. The van der Waals surface area contributed by atoms with Gasteiger partial charge in [-0.2, -0.15) is 0 Å². The summed E-state index contributed by atoms with van der Waals surface area (Å²) < 4.78 is 0. The summed E-state index contributed by atoms with van der Waals surface area (Å²) >= 11 is 0. The number of likely N-dealkylation sites (tertiary alicyclic amines) is 1. The van der Waals surface area contributed by atoms with Crippen LogP contribution in [0.15, 0.2) is 30.6 Å². The van der Waals surface area contributed by atoms with E-state index in [4.69, 9.17) is 0 Å². The fraction of sp³-hybridized carbons (Fsp3) is 0.450. The fourth-order valence-electron chi connectivity index (χ4n) is 3.95. The number of benzene rings is 1. The summed E-state index contributed by atoms with van der Waals surface area (Å²) in [4.78, 5) is 23.6. The van der Waals surface area contributed by atoms with Crippen molar-refractivity contribution in [1.29, 1.82) is 0 Å². The van der Waals surface area contributed by atoms with Crippen LogP contribution in [0.4, 0.5) is 0 Å². The molecule has 24 heavy (non-hydrogen) atoms. The molecule has 1 fully saturated rings. The van der Waals surface area contributed by atoms with Crippen LogP contribution in [0.1, 0.15) is 58.1 Å². The maximum Gasteiger partial charge on any atom is 0.253 e. The van der Waals surface area contributed by atoms with Gasteiger partial charge >= 0.3 is 0 Å². The predicted molar refractivity (Wildman–Crippen MR) is 93.1 cm³/mol. The highest BCUT2D eigenvalue weighted by Gasteiger charge is 2.26. The van der Waals surface area contributed by atoms with Gasteiger partial charge in [-0.05, 0) is 62.3 Å². The summed E-state index contributed by atoms with van der Waals surface area (Å²) in [5, 5.41) is 0. The smallest absolute Gasteiger partial charge is 0.253 e. The lowest BCUT2D eigenvalue weighted by molar-refractivity contribution is 0.0712. The SMILES string of the molecule is Cc1cncc(C2CCN(C(=O)c3ccc4c(c3)CCC4)CC2)n1. The molecule has 0 atom stereocenters. The molecular weight excluding hydrogens is 298 g/mol. The van der Waals surface area contributed by atoms with Gasteiger partial charge in [-0.3, -0.25) is 14.8 Å². The van der Waals surface area contributed by atoms with Crippen LogP contribution < -0.4 is 0 Å². The lowest BCUT2D eigenvalue weighted by Crippen LogP contribution is -2.38. The Morgan fingerprint density at radius 2 is 1.92 bits per heavy atom. The van der Waals surface area contributed by atoms with Crippen LogP contribution in [0, 0.1) is 6.92 Å². The highest BCUT2D eigenvalue weighted by atomic mass is 16.2. The number of aryl methyl sites for hydroxylation is 3. The zero-order chi connectivity index (χ0) is 16.5. The van der Waals surface area contributed by atoms with Crippen molar-refractivity contribution in [2.24, 2.45) is 0 Å². The van der Waals surface area contributed by atoms with Crippen molar-refractivity contribution < 1.29 is 4.79 Å². The molecule has 0 bridgehead atoms. The number of hydrogen-bond acceptors (Lipinski definition) is 3. The number of hydrogen-bond donors (Lipinski definition) is 0. The van der Waals surface area contributed by atoms with E-state index in [1.807, 2.05) is 24.1 Å². The van der Waals surface area contributed by atoms with Gasteiger partial charge in [-0.15, -0.1) is 0 Å². The van der Waals surface area contributed by atoms with Crippen LogP contribution in [0.5, 0.6) is 0 Å². The zero-order valence-corrected chi connectivity index (χ0v) is 14.2. The third-order valence-corrected chi connectivity index (χ3v) is 5.32. The van der Waals surface area contributed by atoms with Crippen LogP contribution in [0.3, 0.4) is 0 Å². The highest BCUT2D eigenvalue weighted by Crippen LogP contribution is 2.28. The second-order valence-corrected chi connectivity index (χ2v) is 6.99. The van der Waals surface area contributed by atoms with Crippen molar-refractivity contribution in [3.05, 3.63) is 58.7 Å². The van der Waals surface area contributed by atoms with Gasteiger partial charge in [-0.1, -0.05) is 6.07 Å². The molecule has 1 aromatic heterocycles. The Hall–Kier alpha value is -2.23. The van der Waals surface area contributed by atoms with E-state index in [0.717, 1.165) is 55.7 Å². The average molecular weight is 321 g/mol. The van der Waals surface area contributed by atoms with Gasteiger partial charge in [0.05, 0.1) is 11.4 Å². The Morgan fingerprint density at radius 3 is 2.71 bits per heavy atom. The fourth-order valence-corrected chi connectivity index (χ4v) is 3.95. The first kappa shape index (κ1) is 15.3. The predicted octanol–water partition coefficient (Wildman–Crippen LogP) is 3.29. The molecule has 1 aliphatic carbocycles. The Labute approximate surface area is 142 Å². The first-order valence-corrected chi connectivity index (χ1v) is 8.90. The van der Waals surface area contributed by atoms with Crippen LogP contribution >= 0.6 is 0 Å². The summed E-state index contributed by atoms with van der Waals surface area (Å²) in [6.07, 6.45) is 9.09. The first-order chi connectivity index (χ1) is 11.7. The number of nitrogens with zero attached hydrogens (tertiary/aromatic N) is 3. The molecule has 2 aliphatic rings. The van der Waals surface area contributed by atoms with Crippen molar-refractivity contribution in [3.63, 3.8) is 0 Å². The van der Waals surface area contributed by atoms with Crippen molar-refractivity contribution >= 4 is 5.91 Å². The van der Waals surface area contributed by atoms with Crippen molar-refractivity contribution in [2.45, 2.75) is 44.9 Å². The molecule has 0 saturated carbocycles. The number of fused-ring (bicyclic) bond motifs is 1. The number of piperidine rings is 1. The molecule has 124 valence electrons. The van der Waals surface area contributed by atoms with Gasteiger partial charge in [-0.25, -0.2) is 0 Å². The molecule has 4 rings (SSSR count). The molecule has 4 heteroatoms. The molecule has 0 spiro atoms. The minimum absolute atomic E-state index is 0.179. The van der Waals surface area contributed by atoms with Crippen LogP contribution in [-0.4, -0.2) is 33.9 Å². The minimum atomic E-state index is 0.179. The Balaban J connectivity index is 1.43. The summed E-state index contributed by atoms with van der Waals surface area (Å²) in [7, 11) is 0. The quantitative estimate of drug-likeness (QED) is 0.852. The molecule has 1 aromatic carbocycles. The highest BCUT2D eigenvalue weighted by molar-refractivity contribution is 5.94. The third kappa shape index (κ3) is 2.93. The Bertz CT molecular complexity index is 763. The molecule has 0 N–H and O–H groups in total. The van der Waals surface area contributed by atoms with E-state index in [-0.39, 0.29) is 5.91 Å². The summed E-state index contributed by atoms with van der Waals surface area (Å²) in [5.74, 6) is 0.597. The maximum absolute atomic E-state index is 12.8. The molecule has 1 saturated heterocycles. The van der Waals surface area contributed by atoms with Gasteiger partial charge < -0.3 is 4.90 Å². The van der Waals surface area contributed by atoms with Gasteiger partial charge in [0.2, 0.25) is 0 Å². The monoisotopic (exact) mass is 321 g/mol. The Morgan fingerprint density at radius 1 is 1.12 bits per heavy atom. The number of rotatable bonds is 2. The molecule has 1 amide bonds. The zero-order valence-electron chi connectivity index (χ0n) is 14.2. The molecule has 0 unspecified atom stereocenters. The first-order valence-electron chi connectivity index (χ1n) is 8.90. The van der Waals surface area contributed by atoms with E-state index in [1.54, 1.807) is 6.20 Å². The van der Waals surface area contributed by atoms with Gasteiger partial charge in [0, 0.05) is 37.0 Å². The van der Waals surface area contributed by atoms with Crippen LogP contribution in [0.2, 0.25) is 0 Å². The molecule has 2 heterocycles. The third-order valence-electron chi connectivity index (χ3n) is 5.32. The normalized spacial score (nSPS) is 17.8. The van der Waals surface area contributed by atoms with Crippen molar-refractivity contribution in [1.82, 2.24) is 14.9 Å². The Kier molecular flexibility index (Phi) is 4.05. The lowest BCUT2D eigenvalue weighted by atomic mass is 9.93. The van der Waals surface area contributed by atoms with E-state index >= 15 is 0 Å². The molecular formula is C20H23N3O. The second kappa shape index (κ2) is 6.34. The van der Waals surface area contributed by atoms with Crippen molar-refractivity contribution in [2.75, 3.05) is 13.1 Å². The van der Waals surface area contributed by atoms with Gasteiger partial charge in [0.25, 0.3) is 5.91 Å². The van der Waals surface area contributed by atoms with E-state index < -0.39 is 0 Å². The van der Waals surface area contributed by atoms with Crippen LogP contribution in [0.25, 0.3) is 0 Å². The minimum Gasteiger partial charge on any atom is -0.339 e. The molecule has 1 aliphatic heterocycles. The maximum atomic E-state index is 12.8. The summed E-state index contributed by atoms with van der Waals surface area (Å²) in [5.41, 5.74) is 5.67. The van der Waals surface area contributed by atoms with Crippen molar-refractivity contribution in [3.8, 4) is 0 Å². The van der Waals surface area contributed by atoms with E-state index in [0.29, 0.717) is 5.92 Å². The van der Waals surface area contributed by atoms with Crippen LogP contribution in [-0.2, 0) is 12.8 Å². The van der Waals surface area contributed by atoms with E-state index in [2.05, 4.69) is 22.1 Å². The molecule has 2 aromatic rings. The second-order valence-electron chi connectivity index (χ2n) is 6.99. The standard InChI is InChI=1S/C20H23N3O/c1-14-12-21-13-19(22-14)16-7-9-23(10-8-16)20(24)18-6-5-15-3-2-4-17(15)11-18/h5-6,11-13,16H,2-4,7-10H2,1H3.